The van der Waals surface area contributed by atoms with Gasteiger partial charge in [0.1, 0.15) is 5.69 Å². The van der Waals surface area contributed by atoms with Crippen LogP contribution in [-0.2, 0) is 6.54 Å². The van der Waals surface area contributed by atoms with Crippen LogP contribution in [0.5, 0.6) is 11.5 Å². The van der Waals surface area contributed by atoms with Gasteiger partial charge in [0, 0.05) is 37.9 Å². The molecule has 1 saturated heterocycles. The van der Waals surface area contributed by atoms with E-state index >= 15 is 0 Å². The summed E-state index contributed by atoms with van der Waals surface area (Å²) in [5, 5.41) is 0. The van der Waals surface area contributed by atoms with Gasteiger partial charge in [-0.2, -0.15) is 0 Å². The number of rotatable bonds is 4. The van der Waals surface area contributed by atoms with Crippen molar-refractivity contribution in [3.05, 3.63) is 18.0 Å². The number of aromatic nitrogens is 1. The fourth-order valence-electron chi connectivity index (χ4n) is 2.18. The number of likely N-dealkylation sites (tertiary alicyclic amines) is 1. The number of hydrogen-bond acceptors (Lipinski definition) is 5. The third-order valence-electron chi connectivity index (χ3n) is 3.05. The fraction of sp³-hybridized carbons (Fsp3) is 0.583. The zero-order valence-electron chi connectivity index (χ0n) is 10.3. The number of hydrogen-bond donors (Lipinski definition) is 1. The normalized spacial score (nSPS) is 20.5. The van der Waals surface area contributed by atoms with E-state index in [0.717, 1.165) is 43.2 Å². The first-order chi connectivity index (χ1) is 8.24. The molecule has 0 saturated carbocycles. The van der Waals surface area contributed by atoms with Crippen LogP contribution >= 0.6 is 0 Å². The Morgan fingerprint density at radius 1 is 1.47 bits per heavy atom. The van der Waals surface area contributed by atoms with Crippen molar-refractivity contribution in [2.75, 3.05) is 27.3 Å². The molecule has 0 unspecified atom stereocenters. The van der Waals surface area contributed by atoms with Crippen molar-refractivity contribution in [3.8, 4) is 11.5 Å². The predicted octanol–water partition coefficient (Wildman–Crippen LogP) is 0.632. The summed E-state index contributed by atoms with van der Waals surface area (Å²) in [5.74, 6) is 1.44. The highest BCUT2D eigenvalue weighted by atomic mass is 16.5. The molecule has 1 atom stereocenters. The van der Waals surface area contributed by atoms with Gasteiger partial charge in [-0.3, -0.25) is 9.88 Å². The number of nitrogens with two attached hydrogens (primary N) is 1. The summed E-state index contributed by atoms with van der Waals surface area (Å²) < 4.78 is 10.6. The molecular formula is C12H19N3O2. The molecule has 17 heavy (non-hydrogen) atoms. The molecule has 0 spiro atoms. The lowest BCUT2D eigenvalue weighted by Gasteiger charge is -2.17. The molecule has 1 fully saturated rings. The van der Waals surface area contributed by atoms with Gasteiger partial charge in [0.15, 0.2) is 11.5 Å². The molecule has 0 radical (unpaired) electrons. The van der Waals surface area contributed by atoms with E-state index in [2.05, 4.69) is 9.88 Å². The molecule has 5 nitrogen and oxygen atoms in total. The number of pyridine rings is 1. The second kappa shape index (κ2) is 5.33. The van der Waals surface area contributed by atoms with E-state index in [0.29, 0.717) is 0 Å². The largest absolute Gasteiger partial charge is 0.493 e. The van der Waals surface area contributed by atoms with Gasteiger partial charge >= 0.3 is 0 Å². The van der Waals surface area contributed by atoms with Crippen LogP contribution in [0.1, 0.15) is 12.1 Å². The van der Waals surface area contributed by atoms with Crippen LogP contribution in [0.3, 0.4) is 0 Å². The molecule has 94 valence electrons. The minimum atomic E-state index is 0.284. The van der Waals surface area contributed by atoms with Gasteiger partial charge in [0.2, 0.25) is 0 Å². The lowest BCUT2D eigenvalue weighted by molar-refractivity contribution is 0.303. The summed E-state index contributed by atoms with van der Waals surface area (Å²) in [7, 11) is 3.27. The number of ether oxygens (including phenoxy) is 2. The molecule has 2 N–H and O–H groups in total. The smallest absolute Gasteiger partial charge is 0.183 e. The van der Waals surface area contributed by atoms with E-state index in [-0.39, 0.29) is 6.04 Å². The van der Waals surface area contributed by atoms with E-state index < -0.39 is 0 Å². The van der Waals surface area contributed by atoms with Crippen molar-refractivity contribution in [1.82, 2.24) is 9.88 Å². The molecule has 1 aliphatic heterocycles. The van der Waals surface area contributed by atoms with Crippen molar-refractivity contribution in [3.63, 3.8) is 0 Å². The Bertz CT molecular complexity index is 384. The summed E-state index contributed by atoms with van der Waals surface area (Å²) in [6, 6.07) is 2.09. The van der Waals surface area contributed by atoms with E-state index in [4.69, 9.17) is 15.2 Å². The Kier molecular flexibility index (Phi) is 3.81. The fourth-order valence-corrected chi connectivity index (χ4v) is 2.18. The van der Waals surface area contributed by atoms with Crippen molar-refractivity contribution in [2.24, 2.45) is 5.73 Å². The second-order valence-electron chi connectivity index (χ2n) is 4.28. The molecule has 2 heterocycles. The summed E-state index contributed by atoms with van der Waals surface area (Å²) in [6.07, 6.45) is 2.79. The summed E-state index contributed by atoms with van der Waals surface area (Å²) >= 11 is 0. The van der Waals surface area contributed by atoms with Crippen LogP contribution in [0, 0.1) is 0 Å². The molecule has 1 aromatic heterocycles. The first-order valence-corrected chi connectivity index (χ1v) is 5.78. The predicted molar refractivity (Wildman–Crippen MR) is 65.2 cm³/mol. The van der Waals surface area contributed by atoms with E-state index in [1.807, 2.05) is 0 Å². The van der Waals surface area contributed by atoms with Crippen molar-refractivity contribution in [2.45, 2.75) is 19.0 Å². The first-order valence-electron chi connectivity index (χ1n) is 5.78. The zero-order valence-corrected chi connectivity index (χ0v) is 10.3. The van der Waals surface area contributed by atoms with Gasteiger partial charge in [0.05, 0.1) is 14.2 Å². The third-order valence-corrected chi connectivity index (χ3v) is 3.05. The Labute approximate surface area is 102 Å². The lowest BCUT2D eigenvalue weighted by atomic mass is 10.3. The standard InChI is InChI=1S/C12H19N3O2/c1-16-11-3-5-14-10(12(11)17-2)8-15-6-4-9(13)7-15/h3,5,9H,4,6-8,13H2,1-2H3/t9-/m1/s1. The van der Waals surface area contributed by atoms with Gasteiger partial charge in [-0.25, -0.2) is 0 Å². The van der Waals surface area contributed by atoms with Crippen LogP contribution < -0.4 is 15.2 Å². The molecule has 0 aromatic carbocycles. The van der Waals surface area contributed by atoms with Gasteiger partial charge in [0.25, 0.3) is 0 Å². The molecule has 5 heteroatoms. The quantitative estimate of drug-likeness (QED) is 0.832. The third kappa shape index (κ3) is 2.68. The average Bonchev–Trinajstić information content (AvgIpc) is 2.74. The van der Waals surface area contributed by atoms with Crippen LogP contribution in [0.4, 0.5) is 0 Å². The van der Waals surface area contributed by atoms with Crippen molar-refractivity contribution in [1.29, 1.82) is 0 Å². The van der Waals surface area contributed by atoms with Gasteiger partial charge in [-0.05, 0) is 6.42 Å². The number of methoxy groups -OCH3 is 2. The van der Waals surface area contributed by atoms with Crippen LogP contribution in [-0.4, -0.2) is 43.2 Å². The highest BCUT2D eigenvalue weighted by Crippen LogP contribution is 2.30. The highest BCUT2D eigenvalue weighted by molar-refractivity contribution is 5.42. The monoisotopic (exact) mass is 237 g/mol. The lowest BCUT2D eigenvalue weighted by Crippen LogP contribution is -2.26. The highest BCUT2D eigenvalue weighted by Gasteiger charge is 2.21. The van der Waals surface area contributed by atoms with E-state index in [1.54, 1.807) is 26.5 Å². The maximum absolute atomic E-state index is 5.89. The van der Waals surface area contributed by atoms with E-state index in [1.165, 1.54) is 0 Å². The molecule has 0 bridgehead atoms. The van der Waals surface area contributed by atoms with Crippen molar-refractivity contribution < 1.29 is 9.47 Å². The van der Waals surface area contributed by atoms with Gasteiger partial charge in [-0.15, -0.1) is 0 Å². The van der Waals surface area contributed by atoms with E-state index in [9.17, 15) is 0 Å². The van der Waals surface area contributed by atoms with Gasteiger partial charge in [-0.1, -0.05) is 0 Å². The molecule has 1 aromatic rings. The van der Waals surface area contributed by atoms with Crippen molar-refractivity contribution >= 4 is 0 Å². The molecular weight excluding hydrogens is 218 g/mol. The summed E-state index contributed by atoms with van der Waals surface area (Å²) in [4.78, 5) is 6.65. The Morgan fingerprint density at radius 2 is 2.29 bits per heavy atom. The van der Waals surface area contributed by atoms with Crippen LogP contribution in [0.15, 0.2) is 12.3 Å². The van der Waals surface area contributed by atoms with Crippen LogP contribution in [0.25, 0.3) is 0 Å². The summed E-state index contributed by atoms with van der Waals surface area (Å²) in [5.41, 5.74) is 6.79. The van der Waals surface area contributed by atoms with Crippen LogP contribution in [0.2, 0.25) is 0 Å². The average molecular weight is 237 g/mol. The summed E-state index contributed by atoms with van der Waals surface area (Å²) in [6.45, 7) is 2.69. The molecule has 1 aliphatic rings. The molecule has 0 aliphatic carbocycles. The minimum absolute atomic E-state index is 0.284. The molecule has 0 amide bonds. The second-order valence-corrected chi connectivity index (χ2v) is 4.28. The Balaban J connectivity index is 2.14. The first kappa shape index (κ1) is 12.1. The number of nitrogens with zero attached hydrogens (tertiary/aromatic N) is 2. The minimum Gasteiger partial charge on any atom is -0.493 e. The Hall–Kier alpha value is -1.33. The zero-order chi connectivity index (χ0) is 12.3. The maximum atomic E-state index is 5.89. The maximum Gasteiger partial charge on any atom is 0.183 e. The molecule has 2 rings (SSSR count). The topological polar surface area (TPSA) is 60.6 Å². The Morgan fingerprint density at radius 3 is 2.88 bits per heavy atom. The van der Waals surface area contributed by atoms with Gasteiger partial charge < -0.3 is 15.2 Å². The SMILES string of the molecule is COc1ccnc(CN2CC[C@@H](N)C2)c1OC.